The Hall–Kier alpha value is -1.06. The van der Waals surface area contributed by atoms with E-state index in [9.17, 15) is 0 Å². The summed E-state index contributed by atoms with van der Waals surface area (Å²) in [6, 6.07) is 22.8. The fourth-order valence-electron chi connectivity index (χ4n) is 6.59. The summed E-state index contributed by atoms with van der Waals surface area (Å²) in [4.78, 5) is 0. The van der Waals surface area contributed by atoms with Crippen LogP contribution in [0.3, 0.4) is 0 Å². The molecule has 0 radical (unpaired) electrons. The molecule has 0 saturated carbocycles. The molecule has 0 unspecified atom stereocenters. The molecule has 3 aromatic carbocycles. The molecule has 0 atom stereocenters. The van der Waals surface area contributed by atoms with Crippen LogP contribution in [0.4, 0.5) is 0 Å². The normalized spacial score (nSPS) is 12.7. The van der Waals surface area contributed by atoms with Gasteiger partial charge in [-0.05, 0) is 77.3 Å². The van der Waals surface area contributed by atoms with Gasteiger partial charge in [0, 0.05) is 21.7 Å². The van der Waals surface area contributed by atoms with Gasteiger partial charge in [0.1, 0.15) is 0 Å². The minimum atomic E-state index is -2.69. The van der Waals surface area contributed by atoms with Crippen LogP contribution >= 0.6 is 37.2 Å². The molecule has 0 heterocycles. The molecule has 4 rings (SSSR count). The molecule has 0 nitrogen and oxygen atoms in total. The fraction of sp³-hybridized carbons (Fsp3) is 0.436. The van der Waals surface area contributed by atoms with Crippen molar-refractivity contribution in [2.75, 3.05) is 0 Å². The molecule has 3 aromatic rings. The van der Waals surface area contributed by atoms with Crippen LogP contribution in [0, 0.1) is 11.5 Å². The van der Waals surface area contributed by atoms with Crippen LogP contribution in [-0.2, 0) is 60.2 Å². The number of hydrogen-bond donors (Lipinski definition) is 0. The van der Waals surface area contributed by atoms with Gasteiger partial charge in [0.2, 0.25) is 0 Å². The second kappa shape index (κ2) is 18.3. The molecule has 0 aliphatic heterocycles. The van der Waals surface area contributed by atoms with E-state index in [1.165, 1.54) is 39.0 Å². The number of halogens is 3. The summed E-state index contributed by atoms with van der Waals surface area (Å²) in [5.74, 6) is 0. The first-order valence-electron chi connectivity index (χ1n) is 15.9. The van der Waals surface area contributed by atoms with E-state index in [1.807, 2.05) is 0 Å². The Balaban J connectivity index is 0.00000462. The summed E-state index contributed by atoms with van der Waals surface area (Å²) in [7, 11) is -2.69. The van der Waals surface area contributed by atoms with E-state index in [0.717, 1.165) is 44.9 Å². The summed E-state index contributed by atoms with van der Waals surface area (Å²) in [6.07, 6.45) is 13.7. The number of benzene rings is 3. The predicted molar refractivity (Wildman–Crippen MR) is 201 cm³/mol. The van der Waals surface area contributed by atoms with E-state index in [2.05, 4.69) is 129 Å². The Kier molecular flexibility index (Phi) is 17.9. The van der Waals surface area contributed by atoms with E-state index >= 15 is 0 Å². The topological polar surface area (TPSA) is 0 Å². The van der Waals surface area contributed by atoms with Gasteiger partial charge < -0.3 is 0 Å². The standard InChI is InChI=1S/C39H51Si.3ClH.Ti/c1-10-28-19-29(11-2)23-34(22-28)40(38-18-16-17-37(38)39(7,8)9,35-24-30(12-3)20-31(13-4)25-35)36-26-32(14-5)21-33(15-6)27-36;;;;/h18-27H,10-16H2,1-9H3;3*1H;/q-1;;;;. The first-order chi connectivity index (χ1) is 19.1. The number of aryl methyl sites for hydroxylation is 6. The first-order valence-corrected chi connectivity index (χ1v) is 17.9. The number of hydrogen-bond acceptors (Lipinski definition) is 0. The zero-order valence-electron chi connectivity index (χ0n) is 28.4. The van der Waals surface area contributed by atoms with Crippen molar-refractivity contribution in [1.82, 2.24) is 0 Å². The Morgan fingerprint density at radius 1 is 0.523 bits per heavy atom. The SMILES string of the molecule is CCc1cc(CC)cc([Si](C2=CC[C-]=C2C(C)(C)C)(c2cc(CC)cc(CC)c2)c2cc(CC)cc(CC)c2)c1.Cl.Cl.Cl.[Ti]. The smallest absolute Gasteiger partial charge is 0.0994 e. The van der Waals surface area contributed by atoms with E-state index in [-0.39, 0.29) is 64.4 Å². The maximum absolute atomic E-state index is 3.89. The molecule has 1 aliphatic carbocycles. The van der Waals surface area contributed by atoms with Gasteiger partial charge in [-0.2, -0.15) is 11.3 Å². The maximum Gasteiger partial charge on any atom is 0.0994 e. The van der Waals surface area contributed by atoms with Gasteiger partial charge in [0.15, 0.2) is 0 Å². The van der Waals surface area contributed by atoms with Gasteiger partial charge in [-0.1, -0.05) is 132 Å². The summed E-state index contributed by atoms with van der Waals surface area (Å²) in [5.41, 5.74) is 10.2. The van der Waals surface area contributed by atoms with E-state index < -0.39 is 8.07 Å². The molecule has 240 valence electrons. The minimum Gasteiger partial charge on any atom is -0.269 e. The largest absolute Gasteiger partial charge is 0.269 e. The van der Waals surface area contributed by atoms with Crippen LogP contribution in [0.1, 0.15) is 102 Å². The van der Waals surface area contributed by atoms with Crippen LogP contribution in [-0.4, -0.2) is 8.07 Å². The summed E-state index contributed by atoms with van der Waals surface area (Å²) in [5, 5.41) is 6.21. The van der Waals surface area contributed by atoms with Crippen LogP contribution in [0.2, 0.25) is 0 Å². The van der Waals surface area contributed by atoms with Crippen LogP contribution in [0.15, 0.2) is 71.4 Å². The first kappa shape index (κ1) is 42.9. The predicted octanol–water partition coefficient (Wildman–Crippen LogP) is 9.44. The van der Waals surface area contributed by atoms with Crippen molar-refractivity contribution in [3.63, 3.8) is 0 Å². The maximum atomic E-state index is 3.89. The summed E-state index contributed by atoms with van der Waals surface area (Å²) >= 11 is 0. The van der Waals surface area contributed by atoms with Gasteiger partial charge >= 0.3 is 0 Å². The van der Waals surface area contributed by atoms with Crippen molar-refractivity contribution in [3.8, 4) is 0 Å². The monoisotopic (exact) mass is 703 g/mol. The van der Waals surface area contributed by atoms with Crippen molar-refractivity contribution >= 4 is 60.9 Å². The van der Waals surface area contributed by atoms with E-state index in [4.69, 9.17) is 0 Å². The van der Waals surface area contributed by atoms with Crippen LogP contribution in [0.5, 0.6) is 0 Å². The quantitative estimate of drug-likeness (QED) is 0.112. The van der Waals surface area contributed by atoms with Gasteiger partial charge in [0.25, 0.3) is 0 Å². The van der Waals surface area contributed by atoms with E-state index in [0.29, 0.717) is 0 Å². The van der Waals surface area contributed by atoms with Crippen molar-refractivity contribution in [2.45, 2.75) is 107 Å². The van der Waals surface area contributed by atoms with Crippen LogP contribution in [0.25, 0.3) is 0 Å². The van der Waals surface area contributed by atoms with Gasteiger partial charge in [0.05, 0.1) is 8.07 Å². The van der Waals surface area contributed by atoms with Gasteiger partial charge in [-0.3, -0.25) is 6.08 Å². The third-order valence-electron chi connectivity index (χ3n) is 8.91. The Morgan fingerprint density at radius 3 is 1.02 bits per heavy atom. The Bertz CT molecular complexity index is 1230. The zero-order valence-corrected chi connectivity index (χ0v) is 33.5. The zero-order chi connectivity index (χ0) is 29.1. The Labute approximate surface area is 304 Å². The fourth-order valence-corrected chi connectivity index (χ4v) is 12.2. The molecule has 0 N–H and O–H groups in total. The Morgan fingerprint density at radius 2 is 0.795 bits per heavy atom. The molecule has 0 saturated heterocycles. The minimum absolute atomic E-state index is 0. The molecule has 1 aliphatic rings. The second-order valence-corrected chi connectivity index (χ2v) is 16.4. The third kappa shape index (κ3) is 8.64. The third-order valence-corrected chi connectivity index (χ3v) is 13.6. The molecular formula is C39H54Cl3SiTi-. The van der Waals surface area contributed by atoms with Gasteiger partial charge in [-0.15, -0.1) is 43.6 Å². The molecule has 0 bridgehead atoms. The molecule has 0 fully saturated rings. The van der Waals surface area contributed by atoms with Crippen molar-refractivity contribution in [2.24, 2.45) is 5.41 Å². The second-order valence-electron chi connectivity index (χ2n) is 12.6. The van der Waals surface area contributed by atoms with Gasteiger partial charge in [-0.25, -0.2) is 5.57 Å². The van der Waals surface area contributed by atoms with Crippen molar-refractivity contribution in [3.05, 3.63) is 111 Å². The molecule has 0 amide bonds. The average Bonchev–Trinajstić information content (AvgIpc) is 3.48. The molecule has 0 aromatic heterocycles. The van der Waals surface area contributed by atoms with Crippen molar-refractivity contribution in [1.29, 1.82) is 0 Å². The average molecular weight is 705 g/mol. The molecule has 0 spiro atoms. The van der Waals surface area contributed by atoms with Crippen molar-refractivity contribution < 1.29 is 21.7 Å². The summed E-state index contributed by atoms with van der Waals surface area (Å²) < 4.78 is 0. The van der Waals surface area contributed by atoms with Crippen LogP contribution < -0.4 is 15.6 Å². The van der Waals surface area contributed by atoms with E-state index in [1.54, 1.807) is 20.8 Å². The molecule has 44 heavy (non-hydrogen) atoms. The molecular weight excluding hydrogens is 651 g/mol. The number of rotatable bonds is 10. The number of allylic oxidation sites excluding steroid dienone is 4. The summed E-state index contributed by atoms with van der Waals surface area (Å²) in [6.45, 7) is 21.0. The molecule has 5 heteroatoms.